The second-order valence-corrected chi connectivity index (χ2v) is 8.06. The Morgan fingerprint density at radius 1 is 0.857 bits per heavy atom. The molecule has 0 aliphatic heterocycles. The molecule has 0 saturated heterocycles. The number of hydrogen-bond acceptors (Lipinski definition) is 2. The summed E-state index contributed by atoms with van der Waals surface area (Å²) in [5.74, 6) is 1.78. The van der Waals surface area contributed by atoms with E-state index in [2.05, 4.69) is 26.0 Å². The predicted octanol–water partition coefficient (Wildman–Crippen LogP) is 6.69. The van der Waals surface area contributed by atoms with Crippen molar-refractivity contribution in [2.45, 2.75) is 38.7 Å². The van der Waals surface area contributed by atoms with Crippen molar-refractivity contribution in [1.29, 1.82) is 0 Å². The monoisotopic (exact) mass is 394 g/mol. The Kier molecular flexibility index (Phi) is 6.77. The van der Waals surface area contributed by atoms with Crippen LogP contribution in [0.5, 0.6) is 11.5 Å². The van der Waals surface area contributed by atoms with Gasteiger partial charge in [-0.25, -0.2) is 0 Å². The van der Waals surface area contributed by atoms with Gasteiger partial charge in [-0.2, -0.15) is 0 Å². The van der Waals surface area contributed by atoms with Crippen molar-refractivity contribution in [2.24, 2.45) is 5.92 Å². The van der Waals surface area contributed by atoms with Crippen molar-refractivity contribution in [3.8, 4) is 11.5 Å². The smallest absolute Gasteiger partial charge is 0.127 e. The van der Waals surface area contributed by atoms with Gasteiger partial charge in [0.05, 0.1) is 5.60 Å². The molecule has 0 aliphatic carbocycles. The lowest BCUT2D eigenvalue weighted by Crippen LogP contribution is -2.38. The molecular weight excluding hydrogens is 368 g/mol. The first-order valence-electron chi connectivity index (χ1n) is 9.73. The van der Waals surface area contributed by atoms with Crippen molar-refractivity contribution in [3.63, 3.8) is 0 Å². The van der Waals surface area contributed by atoms with E-state index < -0.39 is 5.60 Å². The van der Waals surface area contributed by atoms with Crippen molar-refractivity contribution in [2.75, 3.05) is 0 Å². The molecule has 1 unspecified atom stereocenters. The molecule has 3 aromatic rings. The van der Waals surface area contributed by atoms with Gasteiger partial charge >= 0.3 is 0 Å². The van der Waals surface area contributed by atoms with Gasteiger partial charge in [-0.05, 0) is 66.3 Å². The molecule has 146 valence electrons. The maximum atomic E-state index is 11.3. The highest BCUT2D eigenvalue weighted by molar-refractivity contribution is 6.30. The van der Waals surface area contributed by atoms with Crippen LogP contribution in [0.3, 0.4) is 0 Å². The lowest BCUT2D eigenvalue weighted by molar-refractivity contribution is -0.0124. The van der Waals surface area contributed by atoms with E-state index in [1.54, 1.807) is 0 Å². The minimum Gasteiger partial charge on any atom is -0.457 e. The van der Waals surface area contributed by atoms with Crippen LogP contribution in [0.2, 0.25) is 5.02 Å². The van der Waals surface area contributed by atoms with E-state index in [1.165, 1.54) is 0 Å². The van der Waals surface area contributed by atoms with E-state index in [9.17, 15) is 5.11 Å². The van der Waals surface area contributed by atoms with E-state index in [0.717, 1.165) is 29.0 Å². The van der Waals surface area contributed by atoms with Crippen LogP contribution in [0, 0.1) is 5.92 Å². The summed E-state index contributed by atoms with van der Waals surface area (Å²) < 4.78 is 5.93. The lowest BCUT2D eigenvalue weighted by Gasteiger charge is -2.33. The highest BCUT2D eigenvalue weighted by Gasteiger charge is 2.30. The SMILES string of the molecule is CC(C)C(O)(CCc1cccc(Oc2ccccc2)c1)Cc1ccc(Cl)cc1. The fourth-order valence-electron chi connectivity index (χ4n) is 3.29. The second-order valence-electron chi connectivity index (χ2n) is 7.62. The maximum Gasteiger partial charge on any atom is 0.127 e. The zero-order valence-electron chi connectivity index (χ0n) is 16.4. The Bertz CT molecular complexity index is 875. The molecule has 3 rings (SSSR count). The summed E-state index contributed by atoms with van der Waals surface area (Å²) in [4.78, 5) is 0. The fourth-order valence-corrected chi connectivity index (χ4v) is 3.41. The number of aryl methyl sites for hydroxylation is 1. The highest BCUT2D eigenvalue weighted by atomic mass is 35.5. The molecule has 0 saturated carbocycles. The van der Waals surface area contributed by atoms with Gasteiger partial charge in [0.15, 0.2) is 0 Å². The van der Waals surface area contributed by atoms with Gasteiger partial charge < -0.3 is 9.84 Å². The van der Waals surface area contributed by atoms with E-state index >= 15 is 0 Å². The molecule has 0 heterocycles. The zero-order valence-corrected chi connectivity index (χ0v) is 17.2. The second kappa shape index (κ2) is 9.27. The maximum absolute atomic E-state index is 11.3. The molecule has 1 atom stereocenters. The molecule has 0 spiro atoms. The summed E-state index contributed by atoms with van der Waals surface area (Å²) in [6, 6.07) is 25.6. The molecule has 2 nitrogen and oxygen atoms in total. The molecule has 1 N–H and O–H groups in total. The molecular formula is C25H27ClO2. The first-order chi connectivity index (χ1) is 13.4. The van der Waals surface area contributed by atoms with Crippen molar-refractivity contribution >= 4 is 11.6 Å². The van der Waals surface area contributed by atoms with E-state index in [0.29, 0.717) is 17.9 Å². The van der Waals surface area contributed by atoms with Crippen LogP contribution < -0.4 is 4.74 Å². The molecule has 3 aromatic carbocycles. The minimum absolute atomic E-state index is 0.145. The predicted molar refractivity (Wildman–Crippen MR) is 116 cm³/mol. The Hall–Kier alpha value is -2.29. The number of hydrogen-bond donors (Lipinski definition) is 1. The quantitative estimate of drug-likeness (QED) is 0.460. The summed E-state index contributed by atoms with van der Waals surface area (Å²) in [5.41, 5.74) is 1.48. The van der Waals surface area contributed by atoms with E-state index in [4.69, 9.17) is 16.3 Å². The fraction of sp³-hybridized carbons (Fsp3) is 0.280. The Balaban J connectivity index is 1.68. The van der Waals surface area contributed by atoms with Crippen molar-refractivity contribution < 1.29 is 9.84 Å². The summed E-state index contributed by atoms with van der Waals surface area (Å²) in [6.07, 6.45) is 2.08. The first kappa shape index (κ1) is 20.4. The molecule has 28 heavy (non-hydrogen) atoms. The minimum atomic E-state index is -0.774. The summed E-state index contributed by atoms with van der Waals surface area (Å²) in [5, 5.41) is 12.0. The van der Waals surface area contributed by atoms with Gasteiger partial charge in [0, 0.05) is 11.4 Å². The van der Waals surface area contributed by atoms with Crippen LogP contribution in [0.15, 0.2) is 78.9 Å². The number of para-hydroxylation sites is 1. The Labute approximate surface area is 172 Å². The molecule has 3 heteroatoms. The standard InChI is InChI=1S/C25H27ClO2/c1-19(2)25(27,18-21-11-13-22(26)14-12-21)16-15-20-7-6-10-24(17-20)28-23-8-4-3-5-9-23/h3-14,17,19,27H,15-16,18H2,1-2H3. The van der Waals surface area contributed by atoms with Crippen molar-refractivity contribution in [1.82, 2.24) is 0 Å². The number of ether oxygens (including phenoxy) is 1. The molecule has 0 radical (unpaired) electrons. The third-order valence-corrected chi connectivity index (χ3v) is 5.47. The van der Waals surface area contributed by atoms with Crippen LogP contribution in [0.25, 0.3) is 0 Å². The van der Waals surface area contributed by atoms with E-state index in [1.807, 2.05) is 66.7 Å². The van der Waals surface area contributed by atoms with E-state index in [-0.39, 0.29) is 5.92 Å². The molecule has 0 aliphatic rings. The third kappa shape index (κ3) is 5.60. The van der Waals surface area contributed by atoms with Crippen LogP contribution in [0.1, 0.15) is 31.4 Å². The highest BCUT2D eigenvalue weighted by Crippen LogP contribution is 2.29. The summed E-state index contributed by atoms with van der Waals surface area (Å²) in [7, 11) is 0. The number of benzene rings is 3. The summed E-state index contributed by atoms with van der Waals surface area (Å²) >= 11 is 5.99. The largest absolute Gasteiger partial charge is 0.457 e. The Morgan fingerprint density at radius 3 is 2.21 bits per heavy atom. The summed E-state index contributed by atoms with van der Waals surface area (Å²) in [6.45, 7) is 4.15. The van der Waals surface area contributed by atoms with Gasteiger partial charge in [-0.3, -0.25) is 0 Å². The third-order valence-electron chi connectivity index (χ3n) is 5.22. The number of rotatable bonds is 8. The van der Waals surface area contributed by atoms with Crippen molar-refractivity contribution in [3.05, 3.63) is 95.0 Å². The van der Waals surface area contributed by atoms with Gasteiger partial charge in [0.1, 0.15) is 11.5 Å². The van der Waals surface area contributed by atoms with Crippen LogP contribution in [0.4, 0.5) is 0 Å². The topological polar surface area (TPSA) is 29.5 Å². The molecule has 0 fully saturated rings. The first-order valence-corrected chi connectivity index (χ1v) is 10.1. The van der Waals surface area contributed by atoms with Crippen LogP contribution >= 0.6 is 11.6 Å². The van der Waals surface area contributed by atoms with Crippen LogP contribution in [-0.2, 0) is 12.8 Å². The van der Waals surface area contributed by atoms with Crippen LogP contribution in [-0.4, -0.2) is 10.7 Å². The number of aliphatic hydroxyl groups is 1. The molecule has 0 bridgehead atoms. The number of halogens is 1. The normalized spacial score (nSPS) is 13.3. The zero-order chi connectivity index (χ0) is 20.0. The molecule has 0 aromatic heterocycles. The van der Waals surface area contributed by atoms with Gasteiger partial charge in [-0.15, -0.1) is 0 Å². The Morgan fingerprint density at radius 2 is 1.54 bits per heavy atom. The van der Waals surface area contributed by atoms with Gasteiger partial charge in [-0.1, -0.05) is 67.9 Å². The van der Waals surface area contributed by atoms with Gasteiger partial charge in [0.25, 0.3) is 0 Å². The average molecular weight is 395 g/mol. The van der Waals surface area contributed by atoms with Gasteiger partial charge in [0.2, 0.25) is 0 Å². The lowest BCUT2D eigenvalue weighted by atomic mass is 9.80. The average Bonchev–Trinajstić information content (AvgIpc) is 2.69. The molecule has 0 amide bonds.